The monoisotopic (exact) mass is 400 g/mol. The summed E-state index contributed by atoms with van der Waals surface area (Å²) < 4.78 is 32.0. The summed E-state index contributed by atoms with van der Waals surface area (Å²) in [5.41, 5.74) is 0.482. The number of carbonyl (C=O) groups excluding carboxylic acids is 1. The Morgan fingerprint density at radius 3 is 2.32 bits per heavy atom. The molecule has 1 heterocycles. The molecule has 0 aliphatic rings. The number of sulfonamides is 1. The van der Waals surface area contributed by atoms with Crippen LogP contribution in [0.4, 0.5) is 11.5 Å². The molecule has 28 heavy (non-hydrogen) atoms. The van der Waals surface area contributed by atoms with Gasteiger partial charge in [0.2, 0.25) is 5.88 Å². The van der Waals surface area contributed by atoms with Crippen molar-refractivity contribution in [2.24, 2.45) is 0 Å². The van der Waals surface area contributed by atoms with Gasteiger partial charge in [-0.3, -0.25) is 9.52 Å². The molecule has 3 N–H and O–H groups in total. The molecule has 10 heteroatoms. The largest absolute Gasteiger partial charge is 0.507 e. The number of anilines is 2. The van der Waals surface area contributed by atoms with Crippen LogP contribution < -0.4 is 14.8 Å². The minimum Gasteiger partial charge on any atom is -0.507 e. The van der Waals surface area contributed by atoms with Crippen LogP contribution in [0.1, 0.15) is 10.4 Å². The second-order valence-corrected chi connectivity index (χ2v) is 7.24. The SMILES string of the molecule is COc1ccc(NS(=O)(=O)c2ccc(NC(=O)c3ccccc3O)cc2)nn1. The topological polar surface area (TPSA) is 131 Å². The number of hydrogen-bond donors (Lipinski definition) is 3. The van der Waals surface area contributed by atoms with E-state index in [1.54, 1.807) is 12.1 Å². The van der Waals surface area contributed by atoms with Crippen molar-refractivity contribution < 1.29 is 23.1 Å². The molecule has 0 saturated heterocycles. The number of aromatic nitrogens is 2. The number of para-hydroxylation sites is 1. The van der Waals surface area contributed by atoms with Gasteiger partial charge in [0, 0.05) is 11.8 Å². The van der Waals surface area contributed by atoms with E-state index in [4.69, 9.17) is 4.74 Å². The van der Waals surface area contributed by atoms with Crippen LogP contribution in [0, 0.1) is 0 Å². The average molecular weight is 400 g/mol. The van der Waals surface area contributed by atoms with Crippen molar-refractivity contribution in [3.63, 3.8) is 0 Å². The molecule has 2 aromatic carbocycles. The molecule has 3 rings (SSSR count). The number of phenols is 1. The highest BCUT2D eigenvalue weighted by atomic mass is 32.2. The lowest BCUT2D eigenvalue weighted by Crippen LogP contribution is -2.15. The zero-order valence-electron chi connectivity index (χ0n) is 14.7. The maximum Gasteiger partial charge on any atom is 0.263 e. The Labute approximate surface area is 161 Å². The fourth-order valence-corrected chi connectivity index (χ4v) is 3.26. The smallest absolute Gasteiger partial charge is 0.263 e. The molecule has 1 amide bonds. The van der Waals surface area contributed by atoms with E-state index in [-0.39, 0.29) is 27.9 Å². The van der Waals surface area contributed by atoms with Crippen molar-refractivity contribution in [2.75, 3.05) is 17.1 Å². The Morgan fingerprint density at radius 2 is 1.71 bits per heavy atom. The molecule has 3 aromatic rings. The van der Waals surface area contributed by atoms with Gasteiger partial charge in [-0.25, -0.2) is 8.42 Å². The third-order valence-electron chi connectivity index (χ3n) is 3.66. The van der Waals surface area contributed by atoms with Crippen LogP contribution in [0.5, 0.6) is 11.6 Å². The van der Waals surface area contributed by atoms with Crippen molar-refractivity contribution in [1.82, 2.24) is 10.2 Å². The van der Waals surface area contributed by atoms with E-state index >= 15 is 0 Å². The second-order valence-electron chi connectivity index (χ2n) is 5.56. The van der Waals surface area contributed by atoms with Crippen LogP contribution in [0.15, 0.2) is 65.6 Å². The number of ether oxygens (including phenoxy) is 1. The van der Waals surface area contributed by atoms with Crippen molar-refractivity contribution in [1.29, 1.82) is 0 Å². The molecular formula is C18H16N4O5S. The van der Waals surface area contributed by atoms with Crippen molar-refractivity contribution in [3.05, 3.63) is 66.2 Å². The number of aromatic hydroxyl groups is 1. The van der Waals surface area contributed by atoms with Crippen LogP contribution in [0.2, 0.25) is 0 Å². The first-order valence-electron chi connectivity index (χ1n) is 7.99. The molecule has 0 aliphatic heterocycles. The molecule has 9 nitrogen and oxygen atoms in total. The van der Waals surface area contributed by atoms with Gasteiger partial charge in [-0.1, -0.05) is 12.1 Å². The number of phenolic OH excluding ortho intramolecular Hbond substituents is 1. The standard InChI is InChI=1S/C18H16N4O5S/c1-27-17-11-10-16(20-21-17)22-28(25,26)13-8-6-12(7-9-13)19-18(24)14-4-2-3-5-15(14)23/h2-11,23H,1H3,(H,19,24)(H,20,22). The molecule has 0 saturated carbocycles. The highest BCUT2D eigenvalue weighted by molar-refractivity contribution is 7.92. The van der Waals surface area contributed by atoms with Gasteiger partial charge in [0.1, 0.15) is 5.75 Å². The predicted molar refractivity (Wildman–Crippen MR) is 102 cm³/mol. The van der Waals surface area contributed by atoms with E-state index in [9.17, 15) is 18.3 Å². The third kappa shape index (κ3) is 4.35. The first-order chi connectivity index (χ1) is 13.4. The van der Waals surface area contributed by atoms with Crippen LogP contribution in [0.25, 0.3) is 0 Å². The zero-order valence-corrected chi connectivity index (χ0v) is 15.5. The number of benzene rings is 2. The minimum absolute atomic E-state index is 0.0225. The Balaban J connectivity index is 1.72. The average Bonchev–Trinajstić information content (AvgIpc) is 2.69. The number of rotatable bonds is 6. The Bertz CT molecular complexity index is 1080. The molecule has 0 radical (unpaired) electrons. The number of nitrogens with one attached hydrogen (secondary N) is 2. The van der Waals surface area contributed by atoms with Crippen LogP contribution >= 0.6 is 0 Å². The van der Waals surface area contributed by atoms with Gasteiger partial charge in [0.05, 0.1) is 17.6 Å². The summed E-state index contributed by atoms with van der Waals surface area (Å²) >= 11 is 0. The van der Waals surface area contributed by atoms with E-state index in [0.29, 0.717) is 5.69 Å². The number of methoxy groups -OCH3 is 1. The van der Waals surface area contributed by atoms with E-state index < -0.39 is 15.9 Å². The number of carbonyl (C=O) groups is 1. The van der Waals surface area contributed by atoms with Gasteiger partial charge >= 0.3 is 0 Å². The Hall–Kier alpha value is -3.66. The Kier molecular flexibility index (Phi) is 5.41. The van der Waals surface area contributed by atoms with E-state index in [1.807, 2.05) is 0 Å². The van der Waals surface area contributed by atoms with Gasteiger partial charge in [-0.2, -0.15) is 0 Å². The quantitative estimate of drug-likeness (QED) is 0.578. The highest BCUT2D eigenvalue weighted by Crippen LogP contribution is 2.20. The molecule has 0 aliphatic carbocycles. The molecule has 0 spiro atoms. The summed E-state index contributed by atoms with van der Waals surface area (Å²) in [4.78, 5) is 12.2. The highest BCUT2D eigenvalue weighted by Gasteiger charge is 2.16. The lowest BCUT2D eigenvalue weighted by molar-refractivity contribution is 0.102. The van der Waals surface area contributed by atoms with Gasteiger partial charge in [-0.15, -0.1) is 10.2 Å². The molecule has 0 unspecified atom stereocenters. The van der Waals surface area contributed by atoms with Crippen LogP contribution in [-0.2, 0) is 10.0 Å². The summed E-state index contributed by atoms with van der Waals surface area (Å²) in [6.07, 6.45) is 0. The fourth-order valence-electron chi connectivity index (χ4n) is 2.26. The summed E-state index contributed by atoms with van der Waals surface area (Å²) in [5.74, 6) is -0.366. The van der Waals surface area contributed by atoms with Crippen molar-refractivity contribution in [3.8, 4) is 11.6 Å². The molecule has 144 valence electrons. The molecular weight excluding hydrogens is 384 g/mol. The summed E-state index contributed by atoms with van der Waals surface area (Å²) in [6, 6.07) is 14.5. The molecule has 0 bridgehead atoms. The maximum atomic E-state index is 12.4. The third-order valence-corrected chi connectivity index (χ3v) is 5.03. The van der Waals surface area contributed by atoms with E-state index in [2.05, 4.69) is 20.2 Å². The maximum absolute atomic E-state index is 12.4. The van der Waals surface area contributed by atoms with Crippen LogP contribution in [-0.4, -0.2) is 36.7 Å². The normalized spacial score (nSPS) is 10.9. The lowest BCUT2D eigenvalue weighted by Gasteiger charge is -2.09. The van der Waals surface area contributed by atoms with Gasteiger partial charge < -0.3 is 15.2 Å². The number of nitrogens with zero attached hydrogens (tertiary/aromatic N) is 2. The van der Waals surface area contributed by atoms with Crippen molar-refractivity contribution >= 4 is 27.4 Å². The van der Waals surface area contributed by atoms with Gasteiger partial charge in [0.15, 0.2) is 5.82 Å². The first kappa shape index (κ1) is 19.1. The Morgan fingerprint density at radius 1 is 1.00 bits per heavy atom. The van der Waals surface area contributed by atoms with Gasteiger partial charge in [-0.05, 0) is 42.5 Å². The van der Waals surface area contributed by atoms with E-state index in [1.165, 1.54) is 55.6 Å². The lowest BCUT2D eigenvalue weighted by atomic mass is 10.2. The summed E-state index contributed by atoms with van der Waals surface area (Å²) in [7, 11) is -2.46. The molecule has 0 fully saturated rings. The fraction of sp³-hybridized carbons (Fsp3) is 0.0556. The summed E-state index contributed by atoms with van der Waals surface area (Å²) in [6.45, 7) is 0. The minimum atomic E-state index is -3.88. The first-order valence-corrected chi connectivity index (χ1v) is 9.47. The van der Waals surface area contributed by atoms with Crippen LogP contribution in [0.3, 0.4) is 0 Å². The molecule has 0 atom stereocenters. The van der Waals surface area contributed by atoms with Gasteiger partial charge in [0.25, 0.3) is 15.9 Å². The second kappa shape index (κ2) is 7.92. The number of amides is 1. The number of hydrogen-bond acceptors (Lipinski definition) is 7. The zero-order chi connectivity index (χ0) is 20.1. The predicted octanol–water partition coefficient (Wildman–Crippen LogP) is 2.24. The summed E-state index contributed by atoms with van der Waals surface area (Å²) in [5, 5.41) is 19.7. The van der Waals surface area contributed by atoms with Crippen molar-refractivity contribution in [2.45, 2.75) is 4.90 Å². The van der Waals surface area contributed by atoms with E-state index in [0.717, 1.165) is 0 Å². The molecule has 1 aromatic heterocycles.